The molecule has 1 N–H and O–H groups in total. The van der Waals surface area contributed by atoms with Gasteiger partial charge in [-0.1, -0.05) is 11.6 Å². The van der Waals surface area contributed by atoms with Crippen molar-refractivity contribution in [1.82, 2.24) is 4.98 Å². The van der Waals surface area contributed by atoms with E-state index in [1.807, 2.05) is 0 Å². The minimum atomic E-state index is -0.153. The highest BCUT2D eigenvalue weighted by Crippen LogP contribution is 2.30. The molecule has 0 spiro atoms. The summed E-state index contributed by atoms with van der Waals surface area (Å²) in [6, 6.07) is 4.64. The molecule has 0 unspecified atom stereocenters. The van der Waals surface area contributed by atoms with Crippen LogP contribution >= 0.6 is 11.6 Å². The van der Waals surface area contributed by atoms with E-state index in [1.165, 1.54) is 20.3 Å². The molecule has 2 rings (SSSR count). The van der Waals surface area contributed by atoms with Crippen LogP contribution in [0.15, 0.2) is 23.0 Å². The number of nitrogens with one attached hydrogen (secondary N) is 1. The average molecular weight is 240 g/mol. The van der Waals surface area contributed by atoms with Crippen molar-refractivity contribution in [2.24, 2.45) is 0 Å². The molecule has 84 valence electrons. The Kier molecular flexibility index (Phi) is 2.75. The maximum Gasteiger partial charge on any atom is 0.191 e. The van der Waals surface area contributed by atoms with Gasteiger partial charge in [-0.3, -0.25) is 4.79 Å². The number of aromatic nitrogens is 1. The fourth-order valence-corrected chi connectivity index (χ4v) is 1.74. The molecule has 0 fully saturated rings. The Bertz CT molecular complexity index is 592. The SMILES string of the molecule is COc1cc2[nH]c(Cl)cc(=O)c2cc1OC. The van der Waals surface area contributed by atoms with Gasteiger partial charge in [0.2, 0.25) is 0 Å². The van der Waals surface area contributed by atoms with Crippen LogP contribution in [-0.2, 0) is 0 Å². The molecule has 2 aromatic rings. The molecule has 1 aromatic carbocycles. The van der Waals surface area contributed by atoms with Gasteiger partial charge in [-0.15, -0.1) is 0 Å². The molecule has 0 amide bonds. The van der Waals surface area contributed by atoms with Crippen LogP contribution in [0.2, 0.25) is 5.15 Å². The Morgan fingerprint density at radius 3 is 2.38 bits per heavy atom. The van der Waals surface area contributed by atoms with Crippen molar-refractivity contribution in [2.45, 2.75) is 0 Å². The maximum absolute atomic E-state index is 11.7. The van der Waals surface area contributed by atoms with E-state index in [9.17, 15) is 4.79 Å². The lowest BCUT2D eigenvalue weighted by Crippen LogP contribution is -2.02. The number of methoxy groups -OCH3 is 2. The standard InChI is InChI=1S/C11H10ClNO3/c1-15-9-3-6-7(4-10(9)16-2)13-11(12)5-8(6)14/h3-5H,1-2H3,(H,13,14). The minimum Gasteiger partial charge on any atom is -0.493 e. The number of hydrogen-bond donors (Lipinski definition) is 1. The van der Waals surface area contributed by atoms with Crippen LogP contribution in [0.3, 0.4) is 0 Å². The molecule has 0 atom stereocenters. The lowest BCUT2D eigenvalue weighted by atomic mass is 10.2. The van der Waals surface area contributed by atoms with Gasteiger partial charge in [0.25, 0.3) is 0 Å². The zero-order valence-electron chi connectivity index (χ0n) is 8.83. The molecule has 0 aliphatic carbocycles. The molecule has 0 aliphatic heterocycles. The number of pyridine rings is 1. The highest BCUT2D eigenvalue weighted by Gasteiger charge is 2.08. The first kappa shape index (κ1) is 10.8. The molecule has 4 nitrogen and oxygen atoms in total. The van der Waals surface area contributed by atoms with Gasteiger partial charge in [-0.05, 0) is 6.07 Å². The number of ether oxygens (including phenoxy) is 2. The fraction of sp³-hybridized carbons (Fsp3) is 0.182. The average Bonchev–Trinajstić information content (AvgIpc) is 2.27. The predicted octanol–water partition coefficient (Wildman–Crippen LogP) is 2.20. The first-order chi connectivity index (χ1) is 7.65. The van der Waals surface area contributed by atoms with Crippen molar-refractivity contribution in [2.75, 3.05) is 14.2 Å². The zero-order chi connectivity index (χ0) is 11.7. The third kappa shape index (κ3) is 1.72. The summed E-state index contributed by atoms with van der Waals surface area (Å²) in [5, 5.41) is 0.812. The van der Waals surface area contributed by atoms with Gasteiger partial charge in [0.15, 0.2) is 16.9 Å². The van der Waals surface area contributed by atoms with E-state index < -0.39 is 0 Å². The number of benzene rings is 1. The fourth-order valence-electron chi connectivity index (χ4n) is 1.54. The minimum absolute atomic E-state index is 0.153. The lowest BCUT2D eigenvalue weighted by molar-refractivity contribution is 0.356. The largest absolute Gasteiger partial charge is 0.493 e. The van der Waals surface area contributed by atoms with Crippen molar-refractivity contribution in [3.63, 3.8) is 0 Å². The van der Waals surface area contributed by atoms with E-state index in [4.69, 9.17) is 21.1 Å². The van der Waals surface area contributed by atoms with Crippen LogP contribution in [0, 0.1) is 0 Å². The lowest BCUT2D eigenvalue weighted by Gasteiger charge is -2.08. The molecule has 0 bridgehead atoms. The summed E-state index contributed by atoms with van der Waals surface area (Å²) in [7, 11) is 3.06. The second-order valence-electron chi connectivity index (χ2n) is 3.23. The highest BCUT2D eigenvalue weighted by atomic mass is 35.5. The molecule has 16 heavy (non-hydrogen) atoms. The van der Waals surface area contributed by atoms with Crippen molar-refractivity contribution < 1.29 is 9.47 Å². The second-order valence-corrected chi connectivity index (χ2v) is 3.64. The van der Waals surface area contributed by atoms with Gasteiger partial charge < -0.3 is 14.5 Å². The summed E-state index contributed by atoms with van der Waals surface area (Å²) in [5.41, 5.74) is 0.467. The summed E-state index contributed by atoms with van der Waals surface area (Å²) in [4.78, 5) is 14.6. The van der Waals surface area contributed by atoms with Gasteiger partial charge >= 0.3 is 0 Å². The monoisotopic (exact) mass is 239 g/mol. The first-order valence-electron chi connectivity index (χ1n) is 4.60. The molecule has 1 aromatic heterocycles. The Morgan fingerprint density at radius 2 is 1.75 bits per heavy atom. The zero-order valence-corrected chi connectivity index (χ0v) is 9.59. The van der Waals surface area contributed by atoms with Crippen LogP contribution in [0.1, 0.15) is 0 Å². The number of aromatic amines is 1. The van der Waals surface area contributed by atoms with Gasteiger partial charge in [0.05, 0.1) is 19.7 Å². The van der Waals surface area contributed by atoms with E-state index in [2.05, 4.69) is 4.98 Å². The van der Waals surface area contributed by atoms with E-state index in [1.54, 1.807) is 12.1 Å². The number of halogens is 1. The quantitative estimate of drug-likeness (QED) is 0.818. The van der Waals surface area contributed by atoms with E-state index >= 15 is 0 Å². The normalized spacial score (nSPS) is 10.4. The van der Waals surface area contributed by atoms with Gasteiger partial charge in [0, 0.05) is 17.5 Å². The Balaban J connectivity index is 2.83. The van der Waals surface area contributed by atoms with Crippen molar-refractivity contribution in [3.8, 4) is 11.5 Å². The van der Waals surface area contributed by atoms with Crippen LogP contribution in [0.25, 0.3) is 10.9 Å². The Hall–Kier alpha value is -1.68. The first-order valence-corrected chi connectivity index (χ1v) is 4.98. The topological polar surface area (TPSA) is 51.3 Å². The summed E-state index contributed by atoms with van der Waals surface area (Å²) < 4.78 is 10.3. The molecule has 0 saturated heterocycles. The van der Waals surface area contributed by atoms with Crippen LogP contribution < -0.4 is 14.9 Å². The summed E-state index contributed by atoms with van der Waals surface area (Å²) >= 11 is 5.77. The van der Waals surface area contributed by atoms with Gasteiger partial charge in [-0.2, -0.15) is 0 Å². The third-order valence-electron chi connectivity index (χ3n) is 2.30. The van der Waals surface area contributed by atoms with Gasteiger partial charge in [-0.25, -0.2) is 0 Å². The maximum atomic E-state index is 11.7. The van der Waals surface area contributed by atoms with Crippen molar-refractivity contribution in [1.29, 1.82) is 0 Å². The smallest absolute Gasteiger partial charge is 0.191 e. The summed E-state index contributed by atoms with van der Waals surface area (Å²) in [6.45, 7) is 0. The van der Waals surface area contributed by atoms with Crippen LogP contribution in [0.4, 0.5) is 0 Å². The van der Waals surface area contributed by atoms with Gasteiger partial charge in [0.1, 0.15) is 5.15 Å². The predicted molar refractivity (Wildman–Crippen MR) is 62.7 cm³/mol. The number of H-pyrrole nitrogens is 1. The van der Waals surface area contributed by atoms with E-state index in [0.29, 0.717) is 27.6 Å². The molecule has 0 saturated carbocycles. The van der Waals surface area contributed by atoms with Crippen molar-refractivity contribution >= 4 is 22.5 Å². The summed E-state index contributed by atoms with van der Waals surface area (Å²) in [5.74, 6) is 1.07. The molecule has 0 aliphatic rings. The van der Waals surface area contributed by atoms with E-state index in [-0.39, 0.29) is 5.43 Å². The van der Waals surface area contributed by atoms with Crippen molar-refractivity contribution in [3.05, 3.63) is 33.6 Å². The molecular formula is C11H10ClNO3. The number of hydrogen-bond acceptors (Lipinski definition) is 3. The molecule has 5 heteroatoms. The molecule has 1 heterocycles. The highest BCUT2D eigenvalue weighted by molar-refractivity contribution is 6.29. The van der Waals surface area contributed by atoms with E-state index in [0.717, 1.165) is 0 Å². The van der Waals surface area contributed by atoms with Crippen LogP contribution in [-0.4, -0.2) is 19.2 Å². The number of fused-ring (bicyclic) bond motifs is 1. The number of rotatable bonds is 2. The van der Waals surface area contributed by atoms with Crippen LogP contribution in [0.5, 0.6) is 11.5 Å². The second kappa shape index (κ2) is 4.06. The Morgan fingerprint density at radius 1 is 1.12 bits per heavy atom. The Labute approximate surface area is 96.8 Å². The summed E-state index contributed by atoms with van der Waals surface area (Å²) in [6.07, 6.45) is 0. The molecular weight excluding hydrogens is 230 g/mol. The molecule has 0 radical (unpaired) electrons. The third-order valence-corrected chi connectivity index (χ3v) is 2.50.